The highest BCUT2D eigenvalue weighted by Crippen LogP contribution is 1.86. The van der Waals surface area contributed by atoms with Crippen LogP contribution in [-0.2, 0) is 19.4 Å². The summed E-state index contributed by atoms with van der Waals surface area (Å²) in [6.45, 7) is 0. The number of halogens is 1. The van der Waals surface area contributed by atoms with E-state index in [1.165, 1.54) is 0 Å². The molecule has 0 amide bonds. The molecule has 0 fully saturated rings. The minimum Gasteiger partial charge on any atom is -0.473 e. The molecule has 13 heavy (non-hydrogen) atoms. The summed E-state index contributed by atoms with van der Waals surface area (Å²) in [7, 11) is -2.17. The summed E-state index contributed by atoms with van der Waals surface area (Å²) in [5, 5.41) is 29.4. The van der Waals surface area contributed by atoms with E-state index in [-0.39, 0.29) is 4.61 Å². The molecule has 0 radical (unpaired) electrons. The van der Waals surface area contributed by atoms with Gasteiger partial charge < -0.3 is 20.2 Å². The topological polar surface area (TPSA) is 134 Å². The standard InChI is InChI=1S/C3H3IO5.BH3O3/c4-1-8-9-3(7)2(5)6;2-1(3)4/h1H2,(H,5,6);2-4H. The Morgan fingerprint density at radius 2 is 1.69 bits per heavy atom. The number of alkyl halides is 1. The molecule has 8 nitrogen and oxygen atoms in total. The molecule has 0 aliphatic carbocycles. The molecule has 4 N–H and O–H groups in total. The Balaban J connectivity index is 0. The van der Waals surface area contributed by atoms with E-state index >= 15 is 0 Å². The molecule has 10 heteroatoms. The zero-order valence-corrected chi connectivity index (χ0v) is 8.24. The maximum absolute atomic E-state index is 9.95. The normalized spacial score (nSPS) is 8.00. The van der Waals surface area contributed by atoms with Crippen LogP contribution in [0, 0.1) is 0 Å². The first-order valence-electron chi connectivity index (χ1n) is 2.58. The fourth-order valence-corrected chi connectivity index (χ4v) is 0.239. The highest BCUT2D eigenvalue weighted by atomic mass is 127. The molecule has 0 aromatic carbocycles. The van der Waals surface area contributed by atoms with Crippen molar-refractivity contribution >= 4 is 41.9 Å². The highest BCUT2D eigenvalue weighted by Gasteiger charge is 2.13. The van der Waals surface area contributed by atoms with Crippen molar-refractivity contribution in [2.75, 3.05) is 4.61 Å². The molecule has 0 unspecified atom stereocenters. The summed E-state index contributed by atoms with van der Waals surface area (Å²) in [5.41, 5.74) is 0. The van der Waals surface area contributed by atoms with Crippen LogP contribution < -0.4 is 0 Å². The van der Waals surface area contributed by atoms with Crippen molar-refractivity contribution in [3.8, 4) is 0 Å². The van der Waals surface area contributed by atoms with E-state index in [0.717, 1.165) is 0 Å². The van der Waals surface area contributed by atoms with Gasteiger partial charge in [-0.1, -0.05) is 22.6 Å². The molecule has 0 atom stereocenters. The predicted octanol–water partition coefficient (Wildman–Crippen LogP) is -2.11. The summed E-state index contributed by atoms with van der Waals surface area (Å²) >= 11 is 1.75. The molecular weight excluding hydrogens is 302 g/mol. The predicted molar refractivity (Wildman–Crippen MR) is 46.1 cm³/mol. The maximum Gasteiger partial charge on any atom is 0.631 e. The minimum absolute atomic E-state index is 0.108. The van der Waals surface area contributed by atoms with E-state index in [4.69, 9.17) is 20.2 Å². The van der Waals surface area contributed by atoms with Crippen LogP contribution in [0.3, 0.4) is 0 Å². The average molecular weight is 308 g/mol. The lowest BCUT2D eigenvalue weighted by Gasteiger charge is -1.93. The largest absolute Gasteiger partial charge is 0.631 e. The van der Waals surface area contributed by atoms with Gasteiger partial charge in [0.1, 0.15) is 4.61 Å². The average Bonchev–Trinajstić information content (AvgIpc) is 1.98. The lowest BCUT2D eigenvalue weighted by Crippen LogP contribution is -2.15. The number of hydrogen-bond donors (Lipinski definition) is 4. The van der Waals surface area contributed by atoms with Gasteiger partial charge in [0.2, 0.25) is 0 Å². The van der Waals surface area contributed by atoms with Crippen LogP contribution in [0.5, 0.6) is 0 Å². The van der Waals surface area contributed by atoms with Crippen molar-refractivity contribution in [3.63, 3.8) is 0 Å². The summed E-state index contributed by atoms with van der Waals surface area (Å²) in [4.78, 5) is 27.3. The number of carbonyl (C=O) groups is 2. The Morgan fingerprint density at radius 1 is 1.31 bits per heavy atom. The molecule has 0 aromatic heterocycles. The molecule has 0 saturated carbocycles. The van der Waals surface area contributed by atoms with Gasteiger partial charge in [0.25, 0.3) is 0 Å². The third-order valence-corrected chi connectivity index (χ3v) is 0.608. The zero-order valence-electron chi connectivity index (χ0n) is 6.08. The van der Waals surface area contributed by atoms with Crippen LogP contribution >= 0.6 is 22.6 Å². The molecular formula is C3H6BIO8. The van der Waals surface area contributed by atoms with Gasteiger partial charge in [-0.2, -0.15) is 4.89 Å². The minimum atomic E-state index is -2.17. The Labute approximate surface area is 86.3 Å². The molecule has 76 valence electrons. The van der Waals surface area contributed by atoms with E-state index in [9.17, 15) is 9.59 Å². The van der Waals surface area contributed by atoms with Crippen LogP contribution in [0.1, 0.15) is 0 Å². The summed E-state index contributed by atoms with van der Waals surface area (Å²) in [6.07, 6.45) is 0. The molecule has 0 aliphatic heterocycles. The first kappa shape index (κ1) is 15.1. The van der Waals surface area contributed by atoms with Gasteiger partial charge in [0.15, 0.2) is 0 Å². The van der Waals surface area contributed by atoms with Gasteiger partial charge >= 0.3 is 19.3 Å². The molecule has 0 aromatic rings. The number of carbonyl (C=O) groups excluding carboxylic acids is 1. The van der Waals surface area contributed by atoms with Gasteiger partial charge in [0, 0.05) is 0 Å². The van der Waals surface area contributed by atoms with Crippen molar-refractivity contribution in [3.05, 3.63) is 0 Å². The third-order valence-electron chi connectivity index (χ3n) is 0.354. The van der Waals surface area contributed by atoms with Gasteiger partial charge in [-0.25, -0.2) is 9.59 Å². The SMILES string of the molecule is O=C(O)C(=O)OOCI.OB(O)O. The van der Waals surface area contributed by atoms with Crippen LogP contribution in [0.4, 0.5) is 0 Å². The van der Waals surface area contributed by atoms with E-state index in [0.29, 0.717) is 0 Å². The number of aliphatic carboxylic acids is 1. The van der Waals surface area contributed by atoms with Gasteiger partial charge in [-0.3, -0.25) is 4.89 Å². The second-order valence-corrected chi connectivity index (χ2v) is 1.87. The van der Waals surface area contributed by atoms with E-state index in [1.807, 2.05) is 0 Å². The number of hydrogen-bond acceptors (Lipinski definition) is 7. The number of carboxylic acids is 1. The smallest absolute Gasteiger partial charge is 0.473 e. The molecule has 0 rings (SSSR count). The summed E-state index contributed by atoms with van der Waals surface area (Å²) < 4.78 is 0.108. The molecule has 0 bridgehead atoms. The van der Waals surface area contributed by atoms with Crippen molar-refractivity contribution in [2.45, 2.75) is 0 Å². The second kappa shape index (κ2) is 9.66. The van der Waals surface area contributed by atoms with Crippen molar-refractivity contribution in [2.24, 2.45) is 0 Å². The first-order valence-corrected chi connectivity index (χ1v) is 4.11. The van der Waals surface area contributed by atoms with Gasteiger partial charge in [-0.05, 0) is 0 Å². The van der Waals surface area contributed by atoms with Crippen molar-refractivity contribution < 1.29 is 39.5 Å². The first-order chi connectivity index (χ1) is 5.91. The maximum atomic E-state index is 9.95. The Morgan fingerprint density at radius 3 is 1.92 bits per heavy atom. The second-order valence-electron chi connectivity index (χ2n) is 1.25. The van der Waals surface area contributed by atoms with Crippen molar-refractivity contribution in [1.29, 1.82) is 0 Å². The monoisotopic (exact) mass is 308 g/mol. The molecule has 0 aliphatic rings. The third kappa shape index (κ3) is 18.5. The lowest BCUT2D eigenvalue weighted by molar-refractivity contribution is -0.257. The van der Waals surface area contributed by atoms with E-state index in [1.54, 1.807) is 22.6 Å². The summed E-state index contributed by atoms with van der Waals surface area (Å²) in [5.74, 6) is -3.08. The Hall–Kier alpha value is -0.425. The number of carboxylic acid groups (broad SMARTS) is 1. The van der Waals surface area contributed by atoms with Crippen molar-refractivity contribution in [1.82, 2.24) is 0 Å². The van der Waals surface area contributed by atoms with Gasteiger partial charge in [0.05, 0.1) is 0 Å². The quantitative estimate of drug-likeness (QED) is 0.114. The van der Waals surface area contributed by atoms with Crippen LogP contribution in [-0.4, -0.2) is 44.1 Å². The molecule has 0 saturated heterocycles. The fraction of sp³-hybridized carbons (Fsp3) is 0.333. The summed E-state index contributed by atoms with van der Waals surface area (Å²) in [6, 6.07) is 0. The van der Waals surface area contributed by atoms with Gasteiger partial charge in [-0.15, -0.1) is 0 Å². The van der Waals surface area contributed by atoms with Crippen LogP contribution in [0.15, 0.2) is 0 Å². The van der Waals surface area contributed by atoms with E-state index < -0.39 is 19.3 Å². The zero-order chi connectivity index (χ0) is 10.9. The molecule has 0 spiro atoms. The Bertz CT molecular complexity index is 157. The number of rotatable bonds is 2. The van der Waals surface area contributed by atoms with E-state index in [2.05, 4.69) is 9.78 Å². The highest BCUT2D eigenvalue weighted by molar-refractivity contribution is 14.1. The van der Waals surface area contributed by atoms with Crippen LogP contribution in [0.2, 0.25) is 0 Å². The Kier molecular flexibility index (Phi) is 11.2. The van der Waals surface area contributed by atoms with Crippen LogP contribution in [0.25, 0.3) is 0 Å². The molecule has 0 heterocycles. The lowest BCUT2D eigenvalue weighted by atomic mass is 10.3. The fourth-order valence-electron chi connectivity index (χ4n) is 0.111.